The maximum Gasteiger partial charge on any atom is -0.00725 e. The second kappa shape index (κ2) is 4.08. The van der Waals surface area contributed by atoms with E-state index in [1.54, 1.807) is 0 Å². The van der Waals surface area contributed by atoms with Crippen molar-refractivity contribution in [1.82, 2.24) is 0 Å². The van der Waals surface area contributed by atoms with Crippen LogP contribution in [0.5, 0.6) is 0 Å². The number of hydrogen-bond donors (Lipinski definition) is 0. The van der Waals surface area contributed by atoms with Gasteiger partial charge in [-0.2, -0.15) is 0 Å². The first kappa shape index (κ1) is 9.79. The van der Waals surface area contributed by atoms with E-state index in [9.17, 15) is 0 Å². The van der Waals surface area contributed by atoms with Gasteiger partial charge in [-0.1, -0.05) is 48.6 Å². The van der Waals surface area contributed by atoms with E-state index >= 15 is 0 Å². The van der Waals surface area contributed by atoms with Crippen LogP contribution in [0, 0.1) is 6.92 Å². The van der Waals surface area contributed by atoms with Crippen molar-refractivity contribution >= 4 is 5.57 Å². The number of aryl methyl sites for hydroxylation is 1. The summed E-state index contributed by atoms with van der Waals surface area (Å²) in [6.45, 7) is 12.0. The Kier molecular flexibility index (Phi) is 3.07. The molecule has 0 atom stereocenters. The van der Waals surface area contributed by atoms with Gasteiger partial charge in [-0.05, 0) is 31.4 Å². The Bertz CT molecular complexity index is 314. The van der Waals surface area contributed by atoms with Gasteiger partial charge in [0.2, 0.25) is 0 Å². The molecular formula is C13H16. The third-order valence-corrected chi connectivity index (χ3v) is 1.97. The quantitative estimate of drug-likeness (QED) is 0.605. The largest absolute Gasteiger partial charge is 0.0998 e. The van der Waals surface area contributed by atoms with E-state index in [1.807, 2.05) is 6.92 Å². The normalized spacial score (nSPS) is 9.69. The zero-order chi connectivity index (χ0) is 9.84. The Labute approximate surface area is 80.6 Å². The SMILES string of the molecule is C=C(C)CC(=C)c1ccc(C)cc1. The standard InChI is InChI=1S/C13H16/c1-10(2)9-12(4)13-7-5-11(3)6-8-13/h5-8H,1,4,9H2,2-3H3. The minimum atomic E-state index is 0.892. The van der Waals surface area contributed by atoms with E-state index in [-0.39, 0.29) is 0 Å². The highest BCUT2D eigenvalue weighted by Gasteiger charge is 1.97. The van der Waals surface area contributed by atoms with Gasteiger partial charge >= 0.3 is 0 Å². The lowest BCUT2D eigenvalue weighted by Gasteiger charge is -2.05. The van der Waals surface area contributed by atoms with E-state index in [0.717, 1.165) is 17.6 Å². The molecule has 0 spiro atoms. The van der Waals surface area contributed by atoms with Crippen molar-refractivity contribution in [2.45, 2.75) is 20.3 Å². The van der Waals surface area contributed by atoms with E-state index in [4.69, 9.17) is 0 Å². The molecule has 0 aliphatic rings. The minimum absolute atomic E-state index is 0.892. The molecule has 0 heteroatoms. The average molecular weight is 172 g/mol. The molecule has 0 heterocycles. The van der Waals surface area contributed by atoms with Crippen LogP contribution >= 0.6 is 0 Å². The number of benzene rings is 1. The van der Waals surface area contributed by atoms with Crippen LogP contribution in [-0.2, 0) is 0 Å². The van der Waals surface area contributed by atoms with Gasteiger partial charge in [0.1, 0.15) is 0 Å². The lowest BCUT2D eigenvalue weighted by atomic mass is 10.0. The predicted octanol–water partition coefficient (Wildman–Crippen LogP) is 3.97. The fraction of sp³-hybridized carbons (Fsp3) is 0.231. The van der Waals surface area contributed by atoms with Crippen molar-refractivity contribution in [1.29, 1.82) is 0 Å². The molecular weight excluding hydrogens is 156 g/mol. The van der Waals surface area contributed by atoms with Crippen LogP contribution in [-0.4, -0.2) is 0 Å². The molecule has 1 aromatic rings. The monoisotopic (exact) mass is 172 g/mol. The maximum absolute atomic E-state index is 4.03. The Morgan fingerprint density at radius 3 is 2.15 bits per heavy atom. The van der Waals surface area contributed by atoms with Gasteiger partial charge in [0, 0.05) is 0 Å². The second-order valence-corrected chi connectivity index (χ2v) is 3.60. The summed E-state index contributed by atoms with van der Waals surface area (Å²) in [6, 6.07) is 8.44. The molecule has 0 aliphatic carbocycles. The van der Waals surface area contributed by atoms with Crippen LogP contribution in [0.25, 0.3) is 5.57 Å². The summed E-state index contributed by atoms with van der Waals surface area (Å²) >= 11 is 0. The highest BCUT2D eigenvalue weighted by Crippen LogP contribution is 2.19. The van der Waals surface area contributed by atoms with Crippen LogP contribution in [0.2, 0.25) is 0 Å². The lowest BCUT2D eigenvalue weighted by Crippen LogP contribution is -1.84. The number of hydrogen-bond acceptors (Lipinski definition) is 0. The summed E-state index contributed by atoms with van der Waals surface area (Å²) < 4.78 is 0. The molecule has 0 aromatic heterocycles. The van der Waals surface area contributed by atoms with Crippen molar-refractivity contribution in [3.05, 3.63) is 54.1 Å². The Morgan fingerprint density at radius 1 is 1.15 bits per heavy atom. The third kappa shape index (κ3) is 2.90. The van der Waals surface area contributed by atoms with Gasteiger partial charge in [-0.25, -0.2) is 0 Å². The number of allylic oxidation sites excluding steroid dienone is 2. The molecule has 0 radical (unpaired) electrons. The molecule has 68 valence electrons. The molecule has 0 aliphatic heterocycles. The highest BCUT2D eigenvalue weighted by molar-refractivity contribution is 5.65. The average Bonchev–Trinajstić information content (AvgIpc) is 2.04. The summed E-state index contributed by atoms with van der Waals surface area (Å²) in [5, 5.41) is 0. The van der Waals surface area contributed by atoms with E-state index in [2.05, 4.69) is 44.3 Å². The van der Waals surface area contributed by atoms with Crippen molar-refractivity contribution in [3.63, 3.8) is 0 Å². The molecule has 0 saturated carbocycles. The molecule has 1 aromatic carbocycles. The fourth-order valence-electron chi connectivity index (χ4n) is 1.26. The first-order valence-corrected chi connectivity index (χ1v) is 4.49. The van der Waals surface area contributed by atoms with E-state index in [1.165, 1.54) is 11.1 Å². The van der Waals surface area contributed by atoms with Crippen LogP contribution in [0.1, 0.15) is 24.5 Å². The Balaban J connectivity index is 2.78. The number of rotatable bonds is 3. The summed E-state index contributed by atoms with van der Waals surface area (Å²) in [5.74, 6) is 0. The summed E-state index contributed by atoms with van der Waals surface area (Å²) in [5.41, 5.74) is 4.80. The van der Waals surface area contributed by atoms with Gasteiger partial charge in [0.25, 0.3) is 0 Å². The van der Waals surface area contributed by atoms with Gasteiger partial charge in [-0.3, -0.25) is 0 Å². The van der Waals surface area contributed by atoms with Crippen molar-refractivity contribution < 1.29 is 0 Å². The third-order valence-electron chi connectivity index (χ3n) is 1.97. The smallest absolute Gasteiger partial charge is 0.00725 e. The molecule has 0 amide bonds. The topological polar surface area (TPSA) is 0 Å². The lowest BCUT2D eigenvalue weighted by molar-refractivity contribution is 1.24. The summed E-state index contributed by atoms with van der Waals surface area (Å²) in [4.78, 5) is 0. The van der Waals surface area contributed by atoms with Gasteiger partial charge in [0.05, 0.1) is 0 Å². The fourth-order valence-corrected chi connectivity index (χ4v) is 1.26. The molecule has 0 bridgehead atoms. The van der Waals surface area contributed by atoms with Crippen molar-refractivity contribution in [2.24, 2.45) is 0 Å². The van der Waals surface area contributed by atoms with E-state index in [0.29, 0.717) is 0 Å². The van der Waals surface area contributed by atoms with Gasteiger partial charge < -0.3 is 0 Å². The molecule has 0 N–H and O–H groups in total. The molecule has 0 unspecified atom stereocenters. The molecule has 1 rings (SSSR count). The highest BCUT2D eigenvalue weighted by atomic mass is 14.0. The van der Waals surface area contributed by atoms with Crippen LogP contribution in [0.15, 0.2) is 43.0 Å². The first-order chi connectivity index (χ1) is 6.09. The predicted molar refractivity (Wildman–Crippen MR) is 59.6 cm³/mol. The molecule has 13 heavy (non-hydrogen) atoms. The van der Waals surface area contributed by atoms with Crippen LogP contribution in [0.4, 0.5) is 0 Å². The molecule has 0 saturated heterocycles. The van der Waals surface area contributed by atoms with Gasteiger partial charge in [-0.15, -0.1) is 0 Å². The van der Waals surface area contributed by atoms with Crippen molar-refractivity contribution in [2.75, 3.05) is 0 Å². The Hall–Kier alpha value is -1.30. The maximum atomic E-state index is 4.03. The van der Waals surface area contributed by atoms with Crippen LogP contribution in [0.3, 0.4) is 0 Å². The zero-order valence-electron chi connectivity index (χ0n) is 8.43. The summed E-state index contributed by atoms with van der Waals surface area (Å²) in [6.07, 6.45) is 0.892. The Morgan fingerprint density at radius 2 is 1.69 bits per heavy atom. The minimum Gasteiger partial charge on any atom is -0.0998 e. The van der Waals surface area contributed by atoms with Gasteiger partial charge in [0.15, 0.2) is 0 Å². The zero-order valence-corrected chi connectivity index (χ0v) is 8.43. The van der Waals surface area contributed by atoms with Crippen LogP contribution < -0.4 is 0 Å². The summed E-state index contributed by atoms with van der Waals surface area (Å²) in [7, 11) is 0. The first-order valence-electron chi connectivity index (χ1n) is 4.49. The molecule has 0 fully saturated rings. The molecule has 0 nitrogen and oxygen atoms in total. The second-order valence-electron chi connectivity index (χ2n) is 3.60. The van der Waals surface area contributed by atoms with Crippen molar-refractivity contribution in [3.8, 4) is 0 Å². The van der Waals surface area contributed by atoms with E-state index < -0.39 is 0 Å².